The Hall–Kier alpha value is -2.87. The maximum Gasteiger partial charge on any atom is 0.237 e. The van der Waals surface area contributed by atoms with Crippen molar-refractivity contribution < 1.29 is 9.18 Å². The second-order valence-electron chi connectivity index (χ2n) is 5.26. The molecule has 0 aliphatic carbocycles. The Kier molecular flexibility index (Phi) is 4.99. The number of hydrogen-bond acceptors (Lipinski definition) is 5. The summed E-state index contributed by atoms with van der Waals surface area (Å²) in [5, 5.41) is 8.35. The van der Waals surface area contributed by atoms with Crippen molar-refractivity contribution in [1.82, 2.24) is 14.9 Å². The summed E-state index contributed by atoms with van der Waals surface area (Å²) in [5.74, 6) is 6.01. The van der Waals surface area contributed by atoms with Crippen LogP contribution in [0.3, 0.4) is 0 Å². The molecule has 2 aromatic carbocycles. The number of benzene rings is 2. The number of anilines is 1. The second-order valence-corrected chi connectivity index (χ2v) is 6.21. The quantitative estimate of drug-likeness (QED) is 0.561. The first-order valence-corrected chi connectivity index (χ1v) is 8.45. The van der Waals surface area contributed by atoms with Gasteiger partial charge in [0.25, 0.3) is 0 Å². The van der Waals surface area contributed by atoms with Gasteiger partial charge in [-0.25, -0.2) is 9.07 Å². The van der Waals surface area contributed by atoms with Crippen molar-refractivity contribution in [2.45, 2.75) is 5.16 Å². The van der Waals surface area contributed by atoms with Gasteiger partial charge in [0, 0.05) is 18.3 Å². The number of carbonyl (C=O) groups is 1. The average molecular weight is 357 g/mol. The van der Waals surface area contributed by atoms with E-state index in [9.17, 15) is 9.18 Å². The molecule has 1 aromatic heterocycles. The van der Waals surface area contributed by atoms with Crippen molar-refractivity contribution in [3.8, 4) is 11.4 Å². The molecule has 25 heavy (non-hydrogen) atoms. The first kappa shape index (κ1) is 17.0. The lowest BCUT2D eigenvalue weighted by Crippen LogP contribution is -2.28. The molecule has 0 unspecified atom stereocenters. The third-order valence-corrected chi connectivity index (χ3v) is 4.52. The zero-order valence-electron chi connectivity index (χ0n) is 13.5. The minimum absolute atomic E-state index is 0.0912. The number of thioether (sulfide) groups is 1. The highest BCUT2D eigenvalue weighted by Gasteiger charge is 2.16. The van der Waals surface area contributed by atoms with E-state index in [4.69, 9.17) is 5.84 Å². The molecule has 3 aromatic rings. The van der Waals surface area contributed by atoms with Gasteiger partial charge in [0.1, 0.15) is 5.82 Å². The molecule has 6 nitrogen and oxygen atoms in total. The molecule has 128 valence electrons. The molecule has 2 N–H and O–H groups in total. The van der Waals surface area contributed by atoms with Crippen LogP contribution in [0.4, 0.5) is 10.1 Å². The van der Waals surface area contributed by atoms with Gasteiger partial charge in [-0.15, -0.1) is 10.2 Å². The number of nitrogens with two attached hydrogens (primary N) is 1. The summed E-state index contributed by atoms with van der Waals surface area (Å²) in [4.78, 5) is 13.9. The number of nitrogen functional groups attached to an aromatic ring is 1. The maximum atomic E-state index is 13.3. The van der Waals surface area contributed by atoms with E-state index in [1.54, 1.807) is 24.1 Å². The van der Waals surface area contributed by atoms with Crippen LogP contribution in [0.15, 0.2) is 59.8 Å². The number of carbonyl (C=O) groups excluding carboxylic acids is 1. The van der Waals surface area contributed by atoms with Crippen molar-refractivity contribution in [3.63, 3.8) is 0 Å². The highest BCUT2D eigenvalue weighted by molar-refractivity contribution is 7.99. The average Bonchev–Trinajstić information content (AvgIpc) is 3.00. The number of halogens is 1. The monoisotopic (exact) mass is 357 g/mol. The zero-order chi connectivity index (χ0) is 17.8. The number of nitrogens with zero attached hydrogens (tertiary/aromatic N) is 4. The van der Waals surface area contributed by atoms with Crippen molar-refractivity contribution in [2.75, 3.05) is 23.5 Å². The second kappa shape index (κ2) is 7.35. The maximum absolute atomic E-state index is 13.3. The van der Waals surface area contributed by atoms with Gasteiger partial charge in [0.15, 0.2) is 5.82 Å². The van der Waals surface area contributed by atoms with Crippen LogP contribution >= 0.6 is 11.8 Å². The Balaban J connectivity index is 1.69. The SMILES string of the molecule is CN(C(=O)CSc1nnc(-c2cccc(F)c2)n1N)c1ccccc1. The fourth-order valence-electron chi connectivity index (χ4n) is 2.22. The van der Waals surface area contributed by atoms with Crippen LogP contribution in [-0.2, 0) is 4.79 Å². The van der Waals surface area contributed by atoms with Crippen molar-refractivity contribution in [3.05, 3.63) is 60.4 Å². The van der Waals surface area contributed by atoms with Crippen molar-refractivity contribution in [2.24, 2.45) is 0 Å². The van der Waals surface area contributed by atoms with Gasteiger partial charge in [-0.05, 0) is 24.3 Å². The smallest absolute Gasteiger partial charge is 0.237 e. The van der Waals surface area contributed by atoms with Crippen LogP contribution in [0.1, 0.15) is 0 Å². The summed E-state index contributed by atoms with van der Waals surface area (Å²) in [7, 11) is 1.71. The normalized spacial score (nSPS) is 10.6. The lowest BCUT2D eigenvalue weighted by molar-refractivity contribution is -0.115. The summed E-state index contributed by atoms with van der Waals surface area (Å²) < 4.78 is 14.6. The number of aromatic nitrogens is 3. The molecule has 0 saturated carbocycles. The summed E-state index contributed by atoms with van der Waals surface area (Å²) in [5.41, 5.74) is 1.33. The van der Waals surface area contributed by atoms with Gasteiger partial charge in [-0.1, -0.05) is 42.1 Å². The van der Waals surface area contributed by atoms with E-state index in [0.717, 1.165) is 5.69 Å². The fraction of sp³-hybridized carbons (Fsp3) is 0.118. The van der Waals surface area contributed by atoms with E-state index in [-0.39, 0.29) is 17.5 Å². The number of amides is 1. The summed E-state index contributed by atoms with van der Waals surface area (Å²) in [6, 6.07) is 15.3. The van der Waals surface area contributed by atoms with E-state index in [2.05, 4.69) is 10.2 Å². The van der Waals surface area contributed by atoms with Crippen LogP contribution in [-0.4, -0.2) is 33.6 Å². The molecule has 1 heterocycles. The molecule has 0 radical (unpaired) electrons. The standard InChI is InChI=1S/C17H16FN5OS/c1-22(14-8-3-2-4-9-14)15(24)11-25-17-21-20-16(23(17)19)12-6-5-7-13(18)10-12/h2-10H,11,19H2,1H3. The molecule has 1 amide bonds. The molecule has 0 saturated heterocycles. The Labute approximate surface area is 148 Å². The topological polar surface area (TPSA) is 77.0 Å². The predicted molar refractivity (Wildman–Crippen MR) is 96.1 cm³/mol. The van der Waals surface area contributed by atoms with E-state index in [1.807, 2.05) is 30.3 Å². The number of para-hydroxylation sites is 1. The van der Waals surface area contributed by atoms with Gasteiger partial charge in [-0.2, -0.15) is 0 Å². The molecule has 0 spiro atoms. The minimum atomic E-state index is -0.380. The van der Waals surface area contributed by atoms with E-state index >= 15 is 0 Å². The van der Waals surface area contributed by atoms with Gasteiger partial charge in [-0.3, -0.25) is 4.79 Å². The molecule has 8 heteroatoms. The van der Waals surface area contributed by atoms with Crippen LogP contribution in [0.25, 0.3) is 11.4 Å². The fourth-order valence-corrected chi connectivity index (χ4v) is 2.99. The van der Waals surface area contributed by atoms with Crippen LogP contribution in [0, 0.1) is 5.82 Å². The Morgan fingerprint density at radius 1 is 1.20 bits per heavy atom. The first-order chi connectivity index (χ1) is 12.1. The van der Waals surface area contributed by atoms with Crippen LogP contribution in [0.2, 0.25) is 0 Å². The number of rotatable bonds is 5. The lowest BCUT2D eigenvalue weighted by Gasteiger charge is -2.16. The summed E-state index contributed by atoms with van der Waals surface area (Å²) >= 11 is 1.18. The Morgan fingerprint density at radius 3 is 2.68 bits per heavy atom. The van der Waals surface area contributed by atoms with Gasteiger partial charge >= 0.3 is 0 Å². The van der Waals surface area contributed by atoms with Gasteiger partial charge in [0.05, 0.1) is 5.75 Å². The Bertz CT molecular complexity index is 884. The Morgan fingerprint density at radius 2 is 1.96 bits per heavy atom. The number of hydrogen-bond donors (Lipinski definition) is 1. The molecule has 0 aliphatic rings. The third kappa shape index (κ3) is 3.80. The highest BCUT2D eigenvalue weighted by Crippen LogP contribution is 2.23. The van der Waals surface area contributed by atoms with Crippen LogP contribution in [0.5, 0.6) is 0 Å². The molecular weight excluding hydrogens is 341 g/mol. The molecule has 3 rings (SSSR count). The highest BCUT2D eigenvalue weighted by atomic mass is 32.2. The molecule has 0 atom stereocenters. The van der Waals surface area contributed by atoms with E-state index in [1.165, 1.54) is 28.6 Å². The largest absolute Gasteiger partial charge is 0.335 e. The molecule has 0 fully saturated rings. The first-order valence-electron chi connectivity index (χ1n) is 7.47. The summed E-state index contributed by atoms with van der Waals surface area (Å²) in [6.45, 7) is 0. The molecule has 0 bridgehead atoms. The lowest BCUT2D eigenvalue weighted by atomic mass is 10.2. The van der Waals surface area contributed by atoms with Crippen molar-refractivity contribution >= 4 is 23.4 Å². The van der Waals surface area contributed by atoms with E-state index < -0.39 is 0 Å². The van der Waals surface area contributed by atoms with Gasteiger partial charge in [0.2, 0.25) is 11.1 Å². The predicted octanol–water partition coefficient (Wildman–Crippen LogP) is 2.55. The zero-order valence-corrected chi connectivity index (χ0v) is 14.3. The van der Waals surface area contributed by atoms with Crippen LogP contribution < -0.4 is 10.7 Å². The molecular formula is C17H16FN5OS. The third-order valence-electron chi connectivity index (χ3n) is 3.59. The van der Waals surface area contributed by atoms with Gasteiger partial charge < -0.3 is 10.7 Å². The van der Waals surface area contributed by atoms with E-state index in [0.29, 0.717) is 16.5 Å². The molecule has 0 aliphatic heterocycles. The minimum Gasteiger partial charge on any atom is -0.335 e. The summed E-state index contributed by atoms with van der Waals surface area (Å²) in [6.07, 6.45) is 0. The van der Waals surface area contributed by atoms with Crippen molar-refractivity contribution in [1.29, 1.82) is 0 Å².